The standard InChI is InChI=1S/C20H27N3O2.ClH/c1-14-2-4-15(5-3-14)12-22-13-16(10-19(22)24)20(25)23-17-6-7-18(23)11-21-9-8-17;/h2-5,16-18,21H,6-13H2,1H3;1H. The number of amides is 2. The van der Waals surface area contributed by atoms with Crippen molar-refractivity contribution in [3.8, 4) is 0 Å². The van der Waals surface area contributed by atoms with Crippen LogP contribution >= 0.6 is 12.4 Å². The van der Waals surface area contributed by atoms with E-state index in [-0.39, 0.29) is 30.1 Å². The SMILES string of the molecule is Cc1ccc(CN2CC(C(=O)N3C4CCNCC3CC4)CC2=O)cc1.Cl. The summed E-state index contributed by atoms with van der Waals surface area (Å²) in [7, 11) is 0. The van der Waals surface area contributed by atoms with Crippen molar-refractivity contribution in [2.24, 2.45) is 5.92 Å². The maximum atomic E-state index is 13.1. The maximum Gasteiger partial charge on any atom is 0.228 e. The van der Waals surface area contributed by atoms with Crippen LogP contribution in [0.5, 0.6) is 0 Å². The molecule has 3 atom stereocenters. The van der Waals surface area contributed by atoms with E-state index in [0.717, 1.165) is 37.9 Å². The molecule has 5 nitrogen and oxygen atoms in total. The molecule has 2 amide bonds. The Hall–Kier alpha value is -1.59. The van der Waals surface area contributed by atoms with Crippen LogP contribution in [0.1, 0.15) is 36.8 Å². The number of nitrogens with zero attached hydrogens (tertiary/aromatic N) is 2. The molecule has 0 aliphatic carbocycles. The van der Waals surface area contributed by atoms with Crippen LogP contribution in [0.25, 0.3) is 0 Å². The van der Waals surface area contributed by atoms with Crippen LogP contribution in [0.2, 0.25) is 0 Å². The van der Waals surface area contributed by atoms with Gasteiger partial charge < -0.3 is 15.1 Å². The van der Waals surface area contributed by atoms with Crippen molar-refractivity contribution in [1.82, 2.24) is 15.1 Å². The summed E-state index contributed by atoms with van der Waals surface area (Å²) in [4.78, 5) is 29.5. The number of fused-ring (bicyclic) bond motifs is 2. The van der Waals surface area contributed by atoms with Gasteiger partial charge in [0.15, 0.2) is 0 Å². The number of carbonyl (C=O) groups is 2. The van der Waals surface area contributed by atoms with E-state index in [9.17, 15) is 9.59 Å². The van der Waals surface area contributed by atoms with Gasteiger partial charge in [0.2, 0.25) is 11.8 Å². The lowest BCUT2D eigenvalue weighted by atomic mass is 10.1. The van der Waals surface area contributed by atoms with Crippen molar-refractivity contribution in [2.75, 3.05) is 19.6 Å². The predicted octanol–water partition coefficient (Wildman–Crippen LogP) is 2.12. The first kappa shape index (κ1) is 19.2. The van der Waals surface area contributed by atoms with Gasteiger partial charge in [-0.15, -0.1) is 12.4 Å². The number of hydrogen-bond acceptors (Lipinski definition) is 3. The van der Waals surface area contributed by atoms with Gasteiger partial charge >= 0.3 is 0 Å². The van der Waals surface area contributed by atoms with E-state index < -0.39 is 0 Å². The minimum absolute atomic E-state index is 0. The molecule has 6 heteroatoms. The van der Waals surface area contributed by atoms with E-state index in [1.54, 1.807) is 0 Å². The van der Waals surface area contributed by atoms with Crippen molar-refractivity contribution in [1.29, 1.82) is 0 Å². The molecule has 142 valence electrons. The quantitative estimate of drug-likeness (QED) is 0.877. The van der Waals surface area contributed by atoms with Crippen LogP contribution in [0, 0.1) is 12.8 Å². The summed E-state index contributed by atoms with van der Waals surface area (Å²) in [5.74, 6) is 0.148. The second-order valence-corrected chi connectivity index (χ2v) is 7.78. The van der Waals surface area contributed by atoms with Crippen LogP contribution in [0.3, 0.4) is 0 Å². The number of likely N-dealkylation sites (tertiary alicyclic amines) is 1. The van der Waals surface area contributed by atoms with Gasteiger partial charge in [0.25, 0.3) is 0 Å². The predicted molar refractivity (Wildman–Crippen MR) is 103 cm³/mol. The van der Waals surface area contributed by atoms with E-state index in [4.69, 9.17) is 0 Å². The molecule has 0 radical (unpaired) electrons. The Morgan fingerprint density at radius 3 is 2.65 bits per heavy atom. The number of rotatable bonds is 3. The summed E-state index contributed by atoms with van der Waals surface area (Å²) in [6.45, 7) is 5.13. The van der Waals surface area contributed by atoms with Gasteiger partial charge in [0, 0.05) is 38.1 Å². The number of aryl methyl sites for hydroxylation is 1. The monoisotopic (exact) mass is 377 g/mol. The first-order valence-electron chi connectivity index (χ1n) is 9.48. The number of benzene rings is 1. The summed E-state index contributed by atoms with van der Waals surface area (Å²) in [6, 6.07) is 8.97. The molecule has 0 aromatic heterocycles. The van der Waals surface area contributed by atoms with Gasteiger partial charge in [0.1, 0.15) is 0 Å². The van der Waals surface area contributed by atoms with Crippen molar-refractivity contribution in [3.63, 3.8) is 0 Å². The molecule has 0 spiro atoms. The van der Waals surface area contributed by atoms with Crippen molar-refractivity contribution in [2.45, 2.75) is 51.2 Å². The zero-order valence-corrected chi connectivity index (χ0v) is 16.1. The van der Waals surface area contributed by atoms with Crippen LogP contribution in [0.4, 0.5) is 0 Å². The molecule has 3 heterocycles. The van der Waals surface area contributed by atoms with E-state index in [2.05, 4.69) is 41.4 Å². The largest absolute Gasteiger partial charge is 0.338 e. The Balaban J connectivity index is 0.00000196. The third-order valence-electron chi connectivity index (χ3n) is 5.97. The van der Waals surface area contributed by atoms with Crippen molar-refractivity contribution < 1.29 is 9.59 Å². The van der Waals surface area contributed by atoms with E-state index >= 15 is 0 Å². The van der Waals surface area contributed by atoms with Crippen LogP contribution in [-0.2, 0) is 16.1 Å². The van der Waals surface area contributed by atoms with Gasteiger partial charge in [-0.25, -0.2) is 0 Å². The Morgan fingerprint density at radius 1 is 1.15 bits per heavy atom. The molecule has 3 fully saturated rings. The fourth-order valence-electron chi connectivity index (χ4n) is 4.56. The van der Waals surface area contributed by atoms with E-state index in [0.29, 0.717) is 31.6 Å². The molecule has 1 N–H and O–H groups in total. The van der Waals surface area contributed by atoms with Crippen molar-refractivity contribution >= 4 is 24.2 Å². The van der Waals surface area contributed by atoms with Gasteiger partial charge in [-0.1, -0.05) is 29.8 Å². The minimum atomic E-state index is -0.167. The highest BCUT2D eigenvalue weighted by Gasteiger charge is 2.43. The number of halogens is 1. The molecule has 3 unspecified atom stereocenters. The number of nitrogens with one attached hydrogen (secondary N) is 1. The van der Waals surface area contributed by atoms with Crippen LogP contribution in [-0.4, -0.2) is 53.3 Å². The molecular weight excluding hydrogens is 350 g/mol. The summed E-state index contributed by atoms with van der Waals surface area (Å²) in [5.41, 5.74) is 2.35. The molecule has 1 aromatic rings. The summed E-state index contributed by atoms with van der Waals surface area (Å²) in [6.07, 6.45) is 3.62. The topological polar surface area (TPSA) is 52.7 Å². The van der Waals surface area contributed by atoms with Gasteiger partial charge in [-0.2, -0.15) is 0 Å². The Morgan fingerprint density at radius 2 is 1.88 bits per heavy atom. The molecule has 3 saturated heterocycles. The Bertz CT molecular complexity index is 650. The normalized spacial score (nSPS) is 28.0. The van der Waals surface area contributed by atoms with Crippen LogP contribution in [0.15, 0.2) is 24.3 Å². The first-order valence-corrected chi connectivity index (χ1v) is 9.48. The first-order chi connectivity index (χ1) is 12.1. The lowest BCUT2D eigenvalue weighted by Crippen LogP contribution is -2.46. The van der Waals surface area contributed by atoms with Crippen molar-refractivity contribution in [3.05, 3.63) is 35.4 Å². The van der Waals surface area contributed by atoms with Gasteiger partial charge in [-0.3, -0.25) is 9.59 Å². The maximum absolute atomic E-state index is 13.1. The Kier molecular flexibility index (Phi) is 5.88. The number of hydrogen-bond donors (Lipinski definition) is 1. The average Bonchev–Trinajstić information content (AvgIpc) is 3.08. The molecule has 2 bridgehead atoms. The summed E-state index contributed by atoms with van der Waals surface area (Å²) >= 11 is 0. The highest BCUT2D eigenvalue weighted by atomic mass is 35.5. The zero-order valence-electron chi connectivity index (χ0n) is 15.3. The molecule has 4 rings (SSSR count). The lowest BCUT2D eigenvalue weighted by molar-refractivity contribution is -0.138. The third-order valence-corrected chi connectivity index (χ3v) is 5.97. The molecule has 1 aromatic carbocycles. The average molecular weight is 378 g/mol. The molecule has 3 aliphatic heterocycles. The molecule has 0 saturated carbocycles. The summed E-state index contributed by atoms with van der Waals surface area (Å²) < 4.78 is 0. The number of carbonyl (C=O) groups excluding carboxylic acids is 2. The summed E-state index contributed by atoms with van der Waals surface area (Å²) in [5, 5.41) is 3.44. The second-order valence-electron chi connectivity index (χ2n) is 7.78. The minimum Gasteiger partial charge on any atom is -0.338 e. The second kappa shape index (κ2) is 7.97. The van der Waals surface area contributed by atoms with E-state index in [1.165, 1.54) is 5.56 Å². The smallest absolute Gasteiger partial charge is 0.228 e. The highest BCUT2D eigenvalue weighted by molar-refractivity contribution is 5.89. The molecular formula is C20H28ClN3O2. The van der Waals surface area contributed by atoms with Gasteiger partial charge in [0.05, 0.1) is 5.92 Å². The van der Waals surface area contributed by atoms with Crippen LogP contribution < -0.4 is 5.32 Å². The third kappa shape index (κ3) is 3.74. The highest BCUT2D eigenvalue weighted by Crippen LogP contribution is 2.32. The fraction of sp³-hybridized carbons (Fsp3) is 0.600. The van der Waals surface area contributed by atoms with Gasteiger partial charge in [-0.05, 0) is 38.3 Å². The van der Waals surface area contributed by atoms with E-state index in [1.807, 2.05) is 4.90 Å². The fourth-order valence-corrected chi connectivity index (χ4v) is 4.56. The Labute approximate surface area is 161 Å². The lowest BCUT2D eigenvalue weighted by Gasteiger charge is -2.30. The molecule has 3 aliphatic rings. The zero-order chi connectivity index (χ0) is 17.4. The molecule has 26 heavy (non-hydrogen) atoms.